The molecule has 0 heterocycles. The van der Waals surface area contributed by atoms with Gasteiger partial charge >= 0.3 is 0 Å². The third-order valence-electron chi connectivity index (χ3n) is 3.12. The summed E-state index contributed by atoms with van der Waals surface area (Å²) in [7, 11) is -3.56. The van der Waals surface area contributed by atoms with Gasteiger partial charge in [-0.15, -0.1) is 0 Å². The molecule has 0 aliphatic rings. The lowest BCUT2D eigenvalue weighted by molar-refractivity contribution is -0.120. The molecule has 0 unspecified atom stereocenters. The first-order valence-electron chi connectivity index (χ1n) is 7.47. The van der Waals surface area contributed by atoms with Crippen LogP contribution in [0.1, 0.15) is 39.0 Å². The van der Waals surface area contributed by atoms with Crippen LogP contribution in [-0.4, -0.2) is 27.4 Å². The lowest BCUT2D eigenvalue weighted by Gasteiger charge is -2.07. The molecule has 0 fully saturated rings. The maximum Gasteiger partial charge on any atom is 0.240 e. The van der Waals surface area contributed by atoms with Gasteiger partial charge in [-0.2, -0.15) is 0 Å². The van der Waals surface area contributed by atoms with Crippen LogP contribution in [0.3, 0.4) is 0 Å². The number of carbonyl (C=O) groups excluding carboxylic acids is 1. The minimum Gasteiger partial charge on any atom is -0.356 e. The highest BCUT2D eigenvalue weighted by atomic mass is 79.9. The van der Waals surface area contributed by atoms with Crippen molar-refractivity contribution >= 4 is 31.9 Å². The number of halogens is 1. The van der Waals surface area contributed by atoms with Crippen LogP contribution in [0.4, 0.5) is 0 Å². The van der Waals surface area contributed by atoms with Gasteiger partial charge < -0.3 is 5.32 Å². The van der Waals surface area contributed by atoms with Crippen LogP contribution in [0.25, 0.3) is 0 Å². The number of hydrogen-bond donors (Lipinski definition) is 2. The van der Waals surface area contributed by atoms with E-state index in [1.54, 1.807) is 12.1 Å². The van der Waals surface area contributed by atoms with Gasteiger partial charge in [0.15, 0.2) is 0 Å². The Labute approximate surface area is 141 Å². The molecule has 0 spiro atoms. The Morgan fingerprint density at radius 2 is 1.77 bits per heavy atom. The van der Waals surface area contributed by atoms with Gasteiger partial charge in [0.2, 0.25) is 15.9 Å². The second kappa shape index (κ2) is 9.97. The van der Waals surface area contributed by atoms with Crippen molar-refractivity contribution in [3.05, 3.63) is 28.7 Å². The van der Waals surface area contributed by atoms with Crippen LogP contribution in [-0.2, 0) is 14.8 Å². The summed E-state index contributed by atoms with van der Waals surface area (Å²) in [5.74, 6) is -0.130. The SMILES string of the molecule is CCCCCCNC(=O)CCNS(=O)(=O)c1ccc(Br)cc1. The van der Waals surface area contributed by atoms with Crippen molar-refractivity contribution in [2.45, 2.75) is 43.9 Å². The smallest absolute Gasteiger partial charge is 0.240 e. The monoisotopic (exact) mass is 390 g/mol. The fraction of sp³-hybridized carbons (Fsp3) is 0.533. The Balaban J connectivity index is 2.28. The number of nitrogens with one attached hydrogen (secondary N) is 2. The molecule has 0 radical (unpaired) electrons. The van der Waals surface area contributed by atoms with Crippen molar-refractivity contribution in [1.29, 1.82) is 0 Å². The average Bonchev–Trinajstić information content (AvgIpc) is 2.47. The van der Waals surface area contributed by atoms with Gasteiger partial charge in [-0.1, -0.05) is 42.1 Å². The molecule has 1 rings (SSSR count). The number of rotatable bonds is 10. The van der Waals surface area contributed by atoms with E-state index in [9.17, 15) is 13.2 Å². The van der Waals surface area contributed by atoms with Crippen LogP contribution in [0.5, 0.6) is 0 Å². The largest absolute Gasteiger partial charge is 0.356 e. The minimum atomic E-state index is -3.56. The molecule has 0 aliphatic carbocycles. The van der Waals surface area contributed by atoms with E-state index in [0.29, 0.717) is 6.54 Å². The first-order valence-corrected chi connectivity index (χ1v) is 9.75. The summed E-state index contributed by atoms with van der Waals surface area (Å²) < 4.78 is 27.2. The van der Waals surface area contributed by atoms with Gasteiger partial charge in [0, 0.05) is 24.0 Å². The molecular formula is C15H23BrN2O3S. The zero-order chi connectivity index (χ0) is 16.4. The highest BCUT2D eigenvalue weighted by Crippen LogP contribution is 2.14. The molecule has 5 nitrogen and oxygen atoms in total. The summed E-state index contributed by atoms with van der Waals surface area (Å²) >= 11 is 3.26. The third-order valence-corrected chi connectivity index (χ3v) is 5.13. The standard InChI is InChI=1S/C15H23BrN2O3S/c1-2-3-4-5-11-17-15(19)10-12-18-22(20,21)14-8-6-13(16)7-9-14/h6-9,18H,2-5,10-12H2,1H3,(H,17,19). The average molecular weight is 391 g/mol. The van der Waals surface area contributed by atoms with Crippen LogP contribution in [0, 0.1) is 0 Å². The molecule has 1 aromatic rings. The molecule has 0 saturated carbocycles. The van der Waals surface area contributed by atoms with Crippen LogP contribution in [0.2, 0.25) is 0 Å². The zero-order valence-electron chi connectivity index (χ0n) is 12.8. The molecular weight excluding hydrogens is 368 g/mol. The third kappa shape index (κ3) is 7.38. The van der Waals surface area contributed by atoms with Crippen molar-refractivity contribution in [2.24, 2.45) is 0 Å². The highest BCUT2D eigenvalue weighted by molar-refractivity contribution is 9.10. The minimum absolute atomic E-state index is 0.0964. The number of hydrogen-bond acceptors (Lipinski definition) is 3. The molecule has 1 amide bonds. The van der Waals surface area contributed by atoms with E-state index in [1.807, 2.05) is 0 Å². The van der Waals surface area contributed by atoms with Gasteiger partial charge in [0.05, 0.1) is 4.90 Å². The van der Waals surface area contributed by atoms with Crippen molar-refractivity contribution in [1.82, 2.24) is 10.0 Å². The Hall–Kier alpha value is -0.920. The Morgan fingerprint density at radius 1 is 1.09 bits per heavy atom. The van der Waals surface area contributed by atoms with Crippen molar-refractivity contribution in [3.8, 4) is 0 Å². The molecule has 0 aromatic heterocycles. The molecule has 0 bridgehead atoms. The normalized spacial score (nSPS) is 11.4. The number of carbonyl (C=O) groups is 1. The summed E-state index contributed by atoms with van der Waals surface area (Å²) in [6.07, 6.45) is 4.54. The lowest BCUT2D eigenvalue weighted by atomic mass is 10.2. The van der Waals surface area contributed by atoms with Gasteiger partial charge in [-0.25, -0.2) is 13.1 Å². The second-order valence-electron chi connectivity index (χ2n) is 5.01. The maximum absolute atomic E-state index is 12.0. The van der Waals surface area contributed by atoms with Crippen LogP contribution >= 0.6 is 15.9 Å². The molecule has 0 aliphatic heterocycles. The van der Waals surface area contributed by atoms with E-state index in [-0.39, 0.29) is 23.8 Å². The molecule has 0 atom stereocenters. The maximum atomic E-state index is 12.0. The molecule has 124 valence electrons. The topological polar surface area (TPSA) is 75.3 Å². The molecule has 2 N–H and O–H groups in total. The van der Waals surface area contributed by atoms with Crippen LogP contribution in [0.15, 0.2) is 33.6 Å². The Bertz CT molecular complexity index is 559. The molecule has 1 aromatic carbocycles. The van der Waals surface area contributed by atoms with E-state index in [4.69, 9.17) is 0 Å². The van der Waals surface area contributed by atoms with E-state index in [1.165, 1.54) is 18.6 Å². The van der Waals surface area contributed by atoms with Crippen molar-refractivity contribution < 1.29 is 13.2 Å². The Morgan fingerprint density at radius 3 is 2.41 bits per heavy atom. The first kappa shape index (κ1) is 19.1. The number of amides is 1. The number of unbranched alkanes of at least 4 members (excludes halogenated alkanes) is 3. The summed E-state index contributed by atoms with van der Waals surface area (Å²) in [5, 5.41) is 2.80. The van der Waals surface area contributed by atoms with Gasteiger partial charge in [-0.05, 0) is 30.7 Å². The summed E-state index contributed by atoms with van der Waals surface area (Å²) in [5.41, 5.74) is 0. The number of benzene rings is 1. The van der Waals surface area contributed by atoms with Gasteiger partial charge in [-0.3, -0.25) is 4.79 Å². The molecule has 0 saturated heterocycles. The molecule has 22 heavy (non-hydrogen) atoms. The predicted octanol–water partition coefficient (Wildman–Crippen LogP) is 2.81. The predicted molar refractivity (Wildman–Crippen MR) is 91.1 cm³/mol. The zero-order valence-corrected chi connectivity index (χ0v) is 15.2. The van der Waals surface area contributed by atoms with Crippen molar-refractivity contribution in [2.75, 3.05) is 13.1 Å². The van der Waals surface area contributed by atoms with E-state index in [0.717, 1.165) is 23.7 Å². The van der Waals surface area contributed by atoms with E-state index < -0.39 is 10.0 Å². The van der Waals surface area contributed by atoms with E-state index >= 15 is 0 Å². The summed E-state index contributed by atoms with van der Waals surface area (Å²) in [6.45, 7) is 2.88. The lowest BCUT2D eigenvalue weighted by Crippen LogP contribution is -2.31. The summed E-state index contributed by atoms with van der Waals surface area (Å²) in [6, 6.07) is 6.36. The highest BCUT2D eigenvalue weighted by Gasteiger charge is 2.13. The van der Waals surface area contributed by atoms with Gasteiger partial charge in [0.1, 0.15) is 0 Å². The number of sulfonamides is 1. The van der Waals surface area contributed by atoms with E-state index in [2.05, 4.69) is 32.9 Å². The fourth-order valence-electron chi connectivity index (χ4n) is 1.86. The second-order valence-corrected chi connectivity index (χ2v) is 7.69. The van der Waals surface area contributed by atoms with Crippen LogP contribution < -0.4 is 10.0 Å². The molecule has 7 heteroatoms. The fourth-order valence-corrected chi connectivity index (χ4v) is 3.16. The Kier molecular flexibility index (Phi) is 8.67. The first-order chi connectivity index (χ1) is 10.5. The summed E-state index contributed by atoms with van der Waals surface area (Å²) in [4.78, 5) is 11.8. The quantitative estimate of drug-likeness (QED) is 0.603. The van der Waals surface area contributed by atoms with Gasteiger partial charge in [0.25, 0.3) is 0 Å². The van der Waals surface area contributed by atoms with Crippen molar-refractivity contribution in [3.63, 3.8) is 0 Å².